The van der Waals surface area contributed by atoms with Gasteiger partial charge in [0.25, 0.3) is 0 Å². The molecule has 3 heteroatoms. The van der Waals surface area contributed by atoms with E-state index in [9.17, 15) is 0 Å². The maximum absolute atomic E-state index is 8.47. The molecule has 1 aromatic rings. The van der Waals surface area contributed by atoms with Crippen molar-refractivity contribution in [2.24, 2.45) is 0 Å². The minimum absolute atomic E-state index is 0.159. The highest BCUT2D eigenvalue weighted by Gasteiger charge is 2.02. The molecule has 0 amide bonds. The second-order valence-electron chi connectivity index (χ2n) is 2.00. The molecule has 0 aromatic carbocycles. The molecule has 0 aliphatic carbocycles. The minimum atomic E-state index is -0.159. The van der Waals surface area contributed by atoms with E-state index in [0.717, 1.165) is 5.69 Å². The molecule has 0 saturated carbocycles. The molecule has 0 aliphatic rings. The summed E-state index contributed by atoms with van der Waals surface area (Å²) >= 11 is 0. The maximum Gasteiger partial charge on any atom is 0.0875 e. The van der Waals surface area contributed by atoms with Gasteiger partial charge in [0.05, 0.1) is 17.7 Å². The fourth-order valence-electron chi connectivity index (χ4n) is 0.611. The van der Waals surface area contributed by atoms with Gasteiger partial charge in [-0.1, -0.05) is 0 Å². The molecular weight excluding hydrogens is 126 g/mol. The summed E-state index contributed by atoms with van der Waals surface area (Å²) in [7, 11) is 0. The molecule has 0 bridgehead atoms. The van der Waals surface area contributed by atoms with Crippen molar-refractivity contribution in [2.75, 3.05) is 0 Å². The Labute approximate surface area is 59.3 Å². The van der Waals surface area contributed by atoms with Crippen LogP contribution in [0.15, 0.2) is 18.3 Å². The number of nitriles is 1. The largest absolute Gasteiger partial charge is 0.198 e. The molecule has 0 N–H and O–H groups in total. The van der Waals surface area contributed by atoms with Crippen LogP contribution < -0.4 is 0 Å². The molecule has 1 unspecified atom stereocenters. The second-order valence-corrected chi connectivity index (χ2v) is 2.00. The molecule has 0 aliphatic heterocycles. The normalized spacial score (nSPS) is 12.0. The topological polar surface area (TPSA) is 49.6 Å². The molecule has 10 heavy (non-hydrogen) atoms. The zero-order valence-corrected chi connectivity index (χ0v) is 5.65. The van der Waals surface area contributed by atoms with Crippen LogP contribution in [0, 0.1) is 11.3 Å². The van der Waals surface area contributed by atoms with Crippen molar-refractivity contribution in [1.82, 2.24) is 10.2 Å². The van der Waals surface area contributed by atoms with Gasteiger partial charge in [0.2, 0.25) is 0 Å². The van der Waals surface area contributed by atoms with Crippen LogP contribution in [0.1, 0.15) is 18.5 Å². The summed E-state index contributed by atoms with van der Waals surface area (Å²) in [5, 5.41) is 15.9. The van der Waals surface area contributed by atoms with Gasteiger partial charge in [0.1, 0.15) is 0 Å². The highest BCUT2D eigenvalue weighted by molar-refractivity contribution is 5.12. The van der Waals surface area contributed by atoms with Crippen molar-refractivity contribution in [2.45, 2.75) is 12.8 Å². The lowest BCUT2D eigenvalue weighted by atomic mass is 10.1. The Morgan fingerprint density at radius 2 is 2.50 bits per heavy atom. The first kappa shape index (κ1) is 6.69. The average molecular weight is 133 g/mol. The second kappa shape index (κ2) is 2.92. The van der Waals surface area contributed by atoms with E-state index >= 15 is 0 Å². The number of aromatic nitrogens is 2. The lowest BCUT2D eigenvalue weighted by molar-refractivity contribution is 0.855. The summed E-state index contributed by atoms with van der Waals surface area (Å²) in [6.45, 7) is 1.80. The van der Waals surface area contributed by atoms with Gasteiger partial charge < -0.3 is 0 Å². The first-order valence-electron chi connectivity index (χ1n) is 3.02. The standard InChI is InChI=1S/C7H7N3/c1-6(5-8)7-3-2-4-9-10-7/h2-4,6H,1H3. The Kier molecular flexibility index (Phi) is 1.96. The molecule has 0 saturated heterocycles. The van der Waals surface area contributed by atoms with Crippen molar-refractivity contribution in [3.63, 3.8) is 0 Å². The lowest BCUT2D eigenvalue weighted by Crippen LogP contribution is -1.94. The number of hydrogen-bond donors (Lipinski definition) is 0. The zero-order chi connectivity index (χ0) is 7.40. The Balaban J connectivity index is 2.88. The maximum atomic E-state index is 8.47. The van der Waals surface area contributed by atoms with Crippen LogP contribution in [0.25, 0.3) is 0 Å². The highest BCUT2D eigenvalue weighted by Crippen LogP contribution is 2.07. The molecule has 1 aromatic heterocycles. The molecule has 1 rings (SSSR count). The fraction of sp³-hybridized carbons (Fsp3) is 0.286. The molecule has 0 radical (unpaired) electrons. The Morgan fingerprint density at radius 1 is 1.70 bits per heavy atom. The number of nitrogens with zero attached hydrogens (tertiary/aromatic N) is 3. The third-order valence-electron chi connectivity index (χ3n) is 1.23. The molecule has 1 heterocycles. The SMILES string of the molecule is CC(C#N)c1cccnn1. The van der Waals surface area contributed by atoms with Crippen molar-refractivity contribution >= 4 is 0 Å². The Hall–Kier alpha value is -1.43. The summed E-state index contributed by atoms with van der Waals surface area (Å²) in [4.78, 5) is 0. The molecule has 0 spiro atoms. The van der Waals surface area contributed by atoms with Gasteiger partial charge in [0, 0.05) is 6.20 Å². The first-order chi connectivity index (χ1) is 4.84. The van der Waals surface area contributed by atoms with Crippen LogP contribution in [0.2, 0.25) is 0 Å². The molecule has 1 atom stereocenters. The predicted octanol–water partition coefficient (Wildman–Crippen LogP) is 1.10. The third-order valence-corrected chi connectivity index (χ3v) is 1.23. The summed E-state index contributed by atoms with van der Waals surface area (Å²) in [6, 6.07) is 5.65. The van der Waals surface area contributed by atoms with Crippen LogP contribution in [0.3, 0.4) is 0 Å². The summed E-state index contributed by atoms with van der Waals surface area (Å²) in [5.74, 6) is -0.159. The van der Waals surface area contributed by atoms with E-state index in [0.29, 0.717) is 0 Å². The van der Waals surface area contributed by atoms with Crippen LogP contribution >= 0.6 is 0 Å². The molecule has 50 valence electrons. The van der Waals surface area contributed by atoms with E-state index < -0.39 is 0 Å². The quantitative estimate of drug-likeness (QED) is 0.576. The number of hydrogen-bond acceptors (Lipinski definition) is 3. The van der Waals surface area contributed by atoms with Crippen molar-refractivity contribution in [3.8, 4) is 6.07 Å². The predicted molar refractivity (Wildman–Crippen MR) is 36.1 cm³/mol. The van der Waals surface area contributed by atoms with E-state index in [1.54, 1.807) is 25.3 Å². The van der Waals surface area contributed by atoms with Crippen LogP contribution in [0.4, 0.5) is 0 Å². The van der Waals surface area contributed by atoms with Crippen LogP contribution in [-0.4, -0.2) is 10.2 Å². The highest BCUT2D eigenvalue weighted by atomic mass is 15.1. The van der Waals surface area contributed by atoms with Gasteiger partial charge in [-0.25, -0.2) is 0 Å². The van der Waals surface area contributed by atoms with E-state index in [2.05, 4.69) is 16.3 Å². The number of rotatable bonds is 1. The lowest BCUT2D eigenvalue weighted by Gasteiger charge is -1.96. The summed E-state index contributed by atoms with van der Waals surface area (Å²) < 4.78 is 0. The van der Waals surface area contributed by atoms with Crippen molar-refractivity contribution < 1.29 is 0 Å². The Morgan fingerprint density at radius 3 is 3.00 bits per heavy atom. The minimum Gasteiger partial charge on any atom is -0.198 e. The average Bonchev–Trinajstić information content (AvgIpc) is 2.05. The summed E-state index contributed by atoms with van der Waals surface area (Å²) in [6.07, 6.45) is 1.59. The van der Waals surface area contributed by atoms with Crippen LogP contribution in [0.5, 0.6) is 0 Å². The van der Waals surface area contributed by atoms with Gasteiger partial charge in [-0.05, 0) is 19.1 Å². The van der Waals surface area contributed by atoms with Gasteiger partial charge in [0.15, 0.2) is 0 Å². The zero-order valence-electron chi connectivity index (χ0n) is 5.65. The fourth-order valence-corrected chi connectivity index (χ4v) is 0.611. The molecular formula is C7H7N3. The molecule has 0 fully saturated rings. The van der Waals surface area contributed by atoms with Gasteiger partial charge >= 0.3 is 0 Å². The molecule has 3 nitrogen and oxygen atoms in total. The van der Waals surface area contributed by atoms with Gasteiger partial charge in [-0.2, -0.15) is 15.5 Å². The third kappa shape index (κ3) is 1.29. The van der Waals surface area contributed by atoms with E-state index in [1.807, 2.05) is 0 Å². The summed E-state index contributed by atoms with van der Waals surface area (Å²) in [5.41, 5.74) is 0.727. The Bertz CT molecular complexity index is 237. The van der Waals surface area contributed by atoms with Crippen molar-refractivity contribution in [1.29, 1.82) is 5.26 Å². The van der Waals surface area contributed by atoms with E-state index in [1.165, 1.54) is 0 Å². The van der Waals surface area contributed by atoms with Gasteiger partial charge in [-0.3, -0.25) is 0 Å². The van der Waals surface area contributed by atoms with E-state index in [4.69, 9.17) is 5.26 Å². The smallest absolute Gasteiger partial charge is 0.0875 e. The van der Waals surface area contributed by atoms with Crippen molar-refractivity contribution in [3.05, 3.63) is 24.0 Å². The monoisotopic (exact) mass is 133 g/mol. The van der Waals surface area contributed by atoms with E-state index in [-0.39, 0.29) is 5.92 Å². The first-order valence-corrected chi connectivity index (χ1v) is 3.02. The van der Waals surface area contributed by atoms with Gasteiger partial charge in [-0.15, -0.1) is 0 Å². The van der Waals surface area contributed by atoms with Crippen LogP contribution in [-0.2, 0) is 0 Å².